The van der Waals surface area contributed by atoms with Crippen LogP contribution in [0.15, 0.2) is 0 Å². The van der Waals surface area contributed by atoms with Gasteiger partial charge < -0.3 is 49.5 Å². The van der Waals surface area contributed by atoms with Crippen LogP contribution in [0.5, 0.6) is 0 Å². The van der Waals surface area contributed by atoms with Gasteiger partial charge in [-0.1, -0.05) is 66.7 Å². The molecule has 0 bridgehead atoms. The van der Waals surface area contributed by atoms with Crippen molar-refractivity contribution in [3.63, 3.8) is 0 Å². The van der Waals surface area contributed by atoms with Crippen LogP contribution in [0.3, 0.4) is 0 Å². The molecule has 0 fully saturated rings. The molecule has 0 aliphatic rings. The molecule has 0 atom stereocenters. The van der Waals surface area contributed by atoms with E-state index in [1.54, 1.807) is 0 Å². The maximum absolute atomic E-state index is 9.65. The van der Waals surface area contributed by atoms with Crippen molar-refractivity contribution < 1.29 is 71.9 Å². The first-order valence-corrected chi connectivity index (χ1v) is 12.3. The molecule has 0 amide bonds. The van der Waals surface area contributed by atoms with Gasteiger partial charge in [0.05, 0.1) is 0 Å². The minimum absolute atomic E-state index is 0. The molecular weight excluding hydrogens is 641 g/mol. The van der Waals surface area contributed by atoms with Gasteiger partial charge in [-0.2, -0.15) is 0 Å². The molecule has 11 heteroatoms. The summed E-state index contributed by atoms with van der Waals surface area (Å²) in [7, 11) is 0. The molecular formula is C25H45O10Ta. The summed E-state index contributed by atoms with van der Waals surface area (Å²) in [5.41, 5.74) is 0. The number of carboxylic acids is 5. The molecule has 0 spiro atoms. The molecule has 0 N–H and O–H groups in total. The zero-order valence-electron chi connectivity index (χ0n) is 22.6. The van der Waals surface area contributed by atoms with Gasteiger partial charge in [-0.15, -0.1) is 0 Å². The Bertz CT molecular complexity index is 407. The van der Waals surface area contributed by atoms with Gasteiger partial charge >= 0.3 is 22.4 Å². The van der Waals surface area contributed by atoms with Crippen LogP contribution in [-0.4, -0.2) is 29.8 Å². The summed E-state index contributed by atoms with van der Waals surface area (Å²) in [5.74, 6) is -4.71. The summed E-state index contributed by atoms with van der Waals surface area (Å²) in [6.45, 7) is 9.74. The minimum atomic E-state index is -0.943. The van der Waals surface area contributed by atoms with E-state index in [-0.39, 0.29) is 54.5 Å². The van der Waals surface area contributed by atoms with Crippen LogP contribution < -0.4 is 25.5 Å². The first-order valence-electron chi connectivity index (χ1n) is 12.3. The van der Waals surface area contributed by atoms with E-state index >= 15 is 0 Å². The average Bonchev–Trinajstić information content (AvgIpc) is 2.78. The van der Waals surface area contributed by atoms with Crippen molar-refractivity contribution in [2.75, 3.05) is 0 Å². The maximum atomic E-state index is 9.65. The topological polar surface area (TPSA) is 201 Å². The molecule has 0 aliphatic carbocycles. The number of carboxylic acid groups (broad SMARTS) is 5. The molecule has 0 rings (SSSR count). The second kappa shape index (κ2) is 43.2. The molecule has 0 radical (unpaired) electrons. The monoisotopic (exact) mass is 686 g/mol. The Labute approximate surface area is 232 Å². The normalized spacial score (nSPS) is 8.47. The molecule has 0 aliphatic heterocycles. The average molecular weight is 687 g/mol. The Kier molecular flexibility index (Phi) is 56.7. The predicted octanol–water partition coefficient (Wildman–Crippen LogP) is -0.370. The van der Waals surface area contributed by atoms with Crippen LogP contribution in [0.25, 0.3) is 0 Å². The summed E-state index contributed by atoms with van der Waals surface area (Å²) in [6, 6.07) is 0. The maximum Gasteiger partial charge on any atom is 5.00 e. The Balaban J connectivity index is -0.0000000776. The van der Waals surface area contributed by atoms with Gasteiger partial charge in [-0.05, 0) is 64.2 Å². The summed E-state index contributed by atoms with van der Waals surface area (Å²) in [6.07, 6.45) is 9.34. The number of aliphatic carboxylic acids is 5. The Hall–Kier alpha value is -1.91. The predicted molar refractivity (Wildman–Crippen MR) is 123 cm³/mol. The molecule has 0 aromatic carbocycles. The van der Waals surface area contributed by atoms with Crippen LogP contribution in [0.4, 0.5) is 0 Å². The van der Waals surface area contributed by atoms with Crippen molar-refractivity contribution in [1.29, 1.82) is 0 Å². The first-order chi connectivity index (χ1) is 16.4. The fourth-order valence-electron chi connectivity index (χ4n) is 1.61. The molecule has 10 nitrogen and oxygen atoms in total. The Morgan fingerprint density at radius 3 is 0.500 bits per heavy atom. The SMILES string of the molecule is CCCCC(=O)[O-].CCCCC(=O)[O-].CCCCC(=O)[O-].CCCCC(=O)[O-].CCCCC(=O)[O-].[Ta+5]. The van der Waals surface area contributed by atoms with Crippen LogP contribution in [0, 0.1) is 0 Å². The number of hydrogen-bond acceptors (Lipinski definition) is 10. The zero-order valence-corrected chi connectivity index (χ0v) is 25.8. The van der Waals surface area contributed by atoms with E-state index in [0.29, 0.717) is 0 Å². The third kappa shape index (κ3) is 94.8. The van der Waals surface area contributed by atoms with E-state index in [2.05, 4.69) is 0 Å². The van der Waals surface area contributed by atoms with Crippen LogP contribution in [0.1, 0.15) is 131 Å². The third-order valence-electron chi connectivity index (χ3n) is 3.67. The van der Waals surface area contributed by atoms with Gasteiger partial charge in [0, 0.05) is 29.8 Å². The molecule has 0 aromatic rings. The number of unbranched alkanes of at least 4 members (excludes halogenated alkanes) is 5. The fourth-order valence-corrected chi connectivity index (χ4v) is 1.61. The summed E-state index contributed by atoms with van der Waals surface area (Å²) >= 11 is 0. The minimum Gasteiger partial charge on any atom is -0.550 e. The van der Waals surface area contributed by atoms with Gasteiger partial charge in [-0.25, -0.2) is 0 Å². The molecule has 0 aromatic heterocycles. The fraction of sp³-hybridized carbons (Fsp3) is 0.800. The van der Waals surface area contributed by atoms with Crippen molar-refractivity contribution in [2.24, 2.45) is 0 Å². The van der Waals surface area contributed by atoms with Crippen molar-refractivity contribution in [1.82, 2.24) is 0 Å². The molecule has 0 heterocycles. The zero-order chi connectivity index (χ0) is 28.5. The van der Waals surface area contributed by atoms with Gasteiger partial charge in [0.1, 0.15) is 0 Å². The van der Waals surface area contributed by atoms with Crippen LogP contribution in [0.2, 0.25) is 0 Å². The first kappa shape index (κ1) is 47.3. The quantitative estimate of drug-likeness (QED) is 0.219. The van der Waals surface area contributed by atoms with E-state index in [9.17, 15) is 49.5 Å². The second-order valence-electron chi connectivity index (χ2n) is 7.38. The largest absolute Gasteiger partial charge is 5.00 e. The van der Waals surface area contributed by atoms with E-state index in [1.165, 1.54) is 0 Å². The van der Waals surface area contributed by atoms with E-state index in [0.717, 1.165) is 64.2 Å². The summed E-state index contributed by atoms with van der Waals surface area (Å²) in [5, 5.41) is 48.2. The van der Waals surface area contributed by atoms with Crippen molar-refractivity contribution in [3.8, 4) is 0 Å². The number of carbonyl (C=O) groups is 5. The summed E-state index contributed by atoms with van der Waals surface area (Å²) < 4.78 is 0. The van der Waals surface area contributed by atoms with Gasteiger partial charge in [0.2, 0.25) is 0 Å². The van der Waals surface area contributed by atoms with E-state index in [4.69, 9.17) is 0 Å². The van der Waals surface area contributed by atoms with Gasteiger partial charge in [0.15, 0.2) is 0 Å². The number of hydrogen-bond donors (Lipinski definition) is 0. The smallest absolute Gasteiger partial charge is 0.550 e. The number of rotatable bonds is 15. The summed E-state index contributed by atoms with van der Waals surface area (Å²) in [4.78, 5) is 48.2. The molecule has 0 saturated carbocycles. The van der Waals surface area contributed by atoms with Crippen LogP contribution in [-0.2, 0) is 46.4 Å². The van der Waals surface area contributed by atoms with Crippen molar-refractivity contribution in [2.45, 2.75) is 131 Å². The van der Waals surface area contributed by atoms with Crippen molar-refractivity contribution in [3.05, 3.63) is 0 Å². The van der Waals surface area contributed by atoms with E-state index in [1.807, 2.05) is 34.6 Å². The number of carbonyl (C=O) groups excluding carboxylic acids is 5. The third-order valence-corrected chi connectivity index (χ3v) is 3.67. The van der Waals surface area contributed by atoms with Crippen LogP contribution >= 0.6 is 0 Å². The molecule has 210 valence electrons. The second-order valence-corrected chi connectivity index (χ2v) is 7.38. The standard InChI is InChI=1S/5C5H10O2.Ta/c5*1-2-3-4-5(6)7;/h5*2-4H2,1H3,(H,6,7);/q;;;;;+5/p-5. The van der Waals surface area contributed by atoms with E-state index < -0.39 is 29.8 Å². The molecule has 36 heavy (non-hydrogen) atoms. The van der Waals surface area contributed by atoms with Crippen molar-refractivity contribution >= 4 is 29.8 Å². The Morgan fingerprint density at radius 1 is 0.361 bits per heavy atom. The van der Waals surface area contributed by atoms with Gasteiger partial charge in [-0.3, -0.25) is 0 Å². The molecule has 0 saturated heterocycles. The Morgan fingerprint density at radius 2 is 0.472 bits per heavy atom. The van der Waals surface area contributed by atoms with Gasteiger partial charge in [0.25, 0.3) is 0 Å². The molecule has 0 unspecified atom stereocenters.